The van der Waals surface area contributed by atoms with Gasteiger partial charge in [-0.3, -0.25) is 4.79 Å². The van der Waals surface area contributed by atoms with Gasteiger partial charge in [0, 0.05) is 23.7 Å². The predicted octanol–water partition coefficient (Wildman–Crippen LogP) is 2.17. The summed E-state index contributed by atoms with van der Waals surface area (Å²) in [5.41, 5.74) is 0.692. The number of amides is 1. The first-order valence-electron chi connectivity index (χ1n) is 6.63. The average molecular weight is 331 g/mol. The van der Waals surface area contributed by atoms with E-state index in [1.807, 2.05) is 0 Å². The fraction of sp³-hybridized carbons (Fsp3) is 0.500. The maximum atomic E-state index is 12.5. The van der Waals surface area contributed by atoms with Crippen LogP contribution < -0.4 is 5.14 Å². The molecule has 1 amide bonds. The van der Waals surface area contributed by atoms with Crippen LogP contribution in [0.3, 0.4) is 0 Å². The van der Waals surface area contributed by atoms with Gasteiger partial charge in [0.05, 0.1) is 4.90 Å². The topological polar surface area (TPSA) is 80.5 Å². The summed E-state index contributed by atoms with van der Waals surface area (Å²) in [6.07, 6.45) is 0.917. The van der Waals surface area contributed by atoms with E-state index in [1.54, 1.807) is 11.8 Å². The number of nitrogens with two attached hydrogens (primary N) is 1. The number of carbonyl (C=O) groups is 1. The van der Waals surface area contributed by atoms with Crippen molar-refractivity contribution in [3.05, 3.63) is 28.3 Å². The molecule has 0 saturated carbocycles. The number of rotatable bonds is 2. The van der Waals surface area contributed by atoms with Gasteiger partial charge in [0.25, 0.3) is 5.91 Å². The van der Waals surface area contributed by atoms with Gasteiger partial charge in [0.15, 0.2) is 0 Å². The molecule has 0 aliphatic carbocycles. The molecule has 1 heterocycles. The van der Waals surface area contributed by atoms with Gasteiger partial charge >= 0.3 is 0 Å². The smallest absolute Gasteiger partial charge is 0.253 e. The zero-order valence-corrected chi connectivity index (χ0v) is 13.9. The number of hydrogen-bond acceptors (Lipinski definition) is 3. The van der Waals surface area contributed by atoms with E-state index in [-0.39, 0.29) is 26.8 Å². The van der Waals surface area contributed by atoms with Gasteiger partial charge in [-0.1, -0.05) is 25.4 Å². The van der Waals surface area contributed by atoms with Crippen molar-refractivity contribution in [3.63, 3.8) is 0 Å². The van der Waals surface area contributed by atoms with Crippen LogP contribution in [0, 0.1) is 12.3 Å². The zero-order chi connectivity index (χ0) is 16.0. The van der Waals surface area contributed by atoms with Crippen molar-refractivity contribution in [3.8, 4) is 0 Å². The molecule has 0 bridgehead atoms. The standard InChI is InChI=1S/C14H19ClN2O3S/c1-9-11(15)6-10(7-12(9)21(16,19)20)13(18)17-5-4-14(2,3)8-17/h6-7H,4-5,8H2,1-3H3,(H2,16,19,20). The molecule has 0 aromatic heterocycles. The second kappa shape index (κ2) is 5.26. The minimum atomic E-state index is -3.91. The summed E-state index contributed by atoms with van der Waals surface area (Å²) in [4.78, 5) is 14.1. The number of sulfonamides is 1. The molecule has 1 saturated heterocycles. The largest absolute Gasteiger partial charge is 0.338 e. The minimum absolute atomic E-state index is 0.0763. The van der Waals surface area contributed by atoms with Gasteiger partial charge < -0.3 is 4.90 Å². The van der Waals surface area contributed by atoms with E-state index in [4.69, 9.17) is 16.7 Å². The third kappa shape index (κ3) is 3.39. The highest BCUT2D eigenvalue weighted by molar-refractivity contribution is 7.89. The van der Waals surface area contributed by atoms with E-state index in [0.29, 0.717) is 18.7 Å². The molecule has 0 unspecified atom stereocenters. The van der Waals surface area contributed by atoms with Crippen molar-refractivity contribution in [1.29, 1.82) is 0 Å². The molecule has 1 aromatic rings. The Kier molecular flexibility index (Phi) is 4.08. The highest BCUT2D eigenvalue weighted by Crippen LogP contribution is 2.31. The van der Waals surface area contributed by atoms with Crippen molar-refractivity contribution in [2.24, 2.45) is 10.6 Å². The summed E-state index contributed by atoms with van der Waals surface area (Å²) in [5.74, 6) is -0.215. The Hall–Kier alpha value is -1.11. The maximum Gasteiger partial charge on any atom is 0.253 e. The van der Waals surface area contributed by atoms with Crippen molar-refractivity contribution in [2.75, 3.05) is 13.1 Å². The van der Waals surface area contributed by atoms with Crippen molar-refractivity contribution in [2.45, 2.75) is 32.1 Å². The van der Waals surface area contributed by atoms with Crippen molar-refractivity contribution < 1.29 is 13.2 Å². The number of halogens is 1. The molecular weight excluding hydrogens is 312 g/mol. The first-order valence-corrected chi connectivity index (χ1v) is 8.56. The van der Waals surface area contributed by atoms with E-state index >= 15 is 0 Å². The van der Waals surface area contributed by atoms with E-state index < -0.39 is 10.0 Å². The Balaban J connectivity index is 2.42. The minimum Gasteiger partial charge on any atom is -0.338 e. The predicted molar refractivity (Wildman–Crippen MR) is 81.9 cm³/mol. The summed E-state index contributed by atoms with van der Waals surface area (Å²) in [7, 11) is -3.91. The maximum absolute atomic E-state index is 12.5. The van der Waals surface area contributed by atoms with Gasteiger partial charge in [-0.2, -0.15) is 0 Å². The average Bonchev–Trinajstić information content (AvgIpc) is 2.70. The Morgan fingerprint density at radius 2 is 2.00 bits per heavy atom. The quantitative estimate of drug-likeness (QED) is 0.902. The van der Waals surface area contributed by atoms with E-state index in [1.165, 1.54) is 12.1 Å². The van der Waals surface area contributed by atoms with Gasteiger partial charge in [-0.15, -0.1) is 0 Å². The van der Waals surface area contributed by atoms with Crippen LogP contribution in [0.1, 0.15) is 36.2 Å². The number of primary sulfonamides is 1. The highest BCUT2D eigenvalue weighted by atomic mass is 35.5. The molecule has 21 heavy (non-hydrogen) atoms. The molecule has 1 aromatic carbocycles. The third-order valence-electron chi connectivity index (χ3n) is 3.81. The molecule has 1 aliphatic heterocycles. The highest BCUT2D eigenvalue weighted by Gasteiger charge is 2.33. The van der Waals surface area contributed by atoms with Crippen LogP contribution in [0.5, 0.6) is 0 Å². The first kappa shape index (κ1) is 16.3. The zero-order valence-electron chi connectivity index (χ0n) is 12.3. The third-order valence-corrected chi connectivity index (χ3v) is 5.24. The summed E-state index contributed by atoms with van der Waals surface area (Å²) < 4.78 is 23.2. The molecule has 1 fully saturated rings. The monoisotopic (exact) mass is 330 g/mol. The van der Waals surface area contributed by atoms with Crippen LogP contribution in [-0.4, -0.2) is 32.3 Å². The molecule has 5 nitrogen and oxygen atoms in total. The Morgan fingerprint density at radius 3 is 2.48 bits per heavy atom. The molecule has 2 N–H and O–H groups in total. The molecule has 1 aliphatic rings. The fourth-order valence-electron chi connectivity index (χ4n) is 2.54. The van der Waals surface area contributed by atoms with E-state index in [2.05, 4.69) is 13.8 Å². The lowest BCUT2D eigenvalue weighted by molar-refractivity contribution is 0.0778. The number of benzene rings is 1. The fourth-order valence-corrected chi connectivity index (χ4v) is 3.64. The van der Waals surface area contributed by atoms with Crippen LogP contribution in [0.4, 0.5) is 0 Å². The molecule has 2 rings (SSSR count). The van der Waals surface area contributed by atoms with Crippen LogP contribution in [-0.2, 0) is 10.0 Å². The first-order chi connectivity index (χ1) is 9.51. The lowest BCUT2D eigenvalue weighted by atomic mass is 9.93. The molecule has 7 heteroatoms. The van der Waals surface area contributed by atoms with Gasteiger partial charge in [0.1, 0.15) is 0 Å². The summed E-state index contributed by atoms with van der Waals surface area (Å²) >= 11 is 6.04. The van der Waals surface area contributed by atoms with Crippen molar-refractivity contribution >= 4 is 27.5 Å². The lowest BCUT2D eigenvalue weighted by Gasteiger charge is -2.20. The van der Waals surface area contributed by atoms with Crippen LogP contribution in [0.2, 0.25) is 5.02 Å². The van der Waals surface area contributed by atoms with E-state index in [0.717, 1.165) is 6.42 Å². The van der Waals surface area contributed by atoms with Gasteiger partial charge in [-0.05, 0) is 36.5 Å². The lowest BCUT2D eigenvalue weighted by Crippen LogP contribution is -2.30. The summed E-state index contributed by atoms with van der Waals surface area (Å²) in [6.45, 7) is 7.05. The number of nitrogens with zero attached hydrogens (tertiary/aromatic N) is 1. The Labute approximate surface area is 130 Å². The molecular formula is C14H19ClN2O3S. The SMILES string of the molecule is Cc1c(Cl)cc(C(=O)N2CCC(C)(C)C2)cc1S(N)(=O)=O. The number of likely N-dealkylation sites (tertiary alicyclic amines) is 1. The second-order valence-corrected chi connectivity index (χ2v) is 8.20. The normalized spacial score (nSPS) is 18.0. The van der Waals surface area contributed by atoms with E-state index in [9.17, 15) is 13.2 Å². The molecule has 116 valence electrons. The van der Waals surface area contributed by atoms with Gasteiger partial charge in [-0.25, -0.2) is 13.6 Å². The van der Waals surface area contributed by atoms with Crippen LogP contribution >= 0.6 is 11.6 Å². The Bertz CT molecular complexity index is 698. The Morgan fingerprint density at radius 1 is 1.38 bits per heavy atom. The summed E-state index contributed by atoms with van der Waals surface area (Å²) in [5, 5.41) is 5.41. The number of hydrogen-bond donors (Lipinski definition) is 1. The van der Waals surface area contributed by atoms with Crippen LogP contribution in [0.15, 0.2) is 17.0 Å². The molecule has 0 atom stereocenters. The molecule has 0 radical (unpaired) electrons. The number of carbonyl (C=O) groups excluding carboxylic acids is 1. The van der Waals surface area contributed by atoms with Gasteiger partial charge in [0.2, 0.25) is 10.0 Å². The molecule has 0 spiro atoms. The second-order valence-electron chi connectivity index (χ2n) is 6.27. The van der Waals surface area contributed by atoms with Crippen molar-refractivity contribution in [1.82, 2.24) is 4.90 Å². The van der Waals surface area contributed by atoms with Crippen LogP contribution in [0.25, 0.3) is 0 Å². The summed E-state index contributed by atoms with van der Waals surface area (Å²) in [6, 6.07) is 2.81.